The summed E-state index contributed by atoms with van der Waals surface area (Å²) in [5, 5.41) is 13.2. The van der Waals surface area contributed by atoms with E-state index >= 15 is 0 Å². The number of aromatic nitrogens is 2. The minimum atomic E-state index is 0.0917. The lowest BCUT2D eigenvalue weighted by atomic mass is 10.0. The van der Waals surface area contributed by atoms with Crippen LogP contribution >= 0.6 is 0 Å². The molecule has 1 fully saturated rings. The van der Waals surface area contributed by atoms with E-state index in [1.807, 2.05) is 24.3 Å². The highest BCUT2D eigenvalue weighted by atomic mass is 16.3. The maximum Gasteiger partial charge on any atom is 0.227 e. The van der Waals surface area contributed by atoms with Crippen LogP contribution in [-0.4, -0.2) is 41.3 Å². The van der Waals surface area contributed by atoms with Gasteiger partial charge in [-0.3, -0.25) is 0 Å². The molecule has 0 amide bonds. The number of anilines is 2. The highest BCUT2D eigenvalue weighted by molar-refractivity contribution is 5.90. The van der Waals surface area contributed by atoms with Gasteiger partial charge in [0.05, 0.1) is 12.1 Å². The molecule has 5 heteroatoms. The summed E-state index contributed by atoms with van der Waals surface area (Å²) in [7, 11) is 0. The van der Waals surface area contributed by atoms with Crippen LogP contribution in [0.15, 0.2) is 24.3 Å². The van der Waals surface area contributed by atoms with Crippen LogP contribution in [0, 0.1) is 5.92 Å². The van der Waals surface area contributed by atoms with Gasteiger partial charge in [0, 0.05) is 25.0 Å². The van der Waals surface area contributed by atoms with Crippen molar-refractivity contribution in [2.24, 2.45) is 5.92 Å². The van der Waals surface area contributed by atoms with Crippen LogP contribution in [0.5, 0.6) is 0 Å². The molecule has 5 nitrogen and oxygen atoms in total. The summed E-state index contributed by atoms with van der Waals surface area (Å²) >= 11 is 0. The van der Waals surface area contributed by atoms with Gasteiger partial charge in [0.1, 0.15) is 5.82 Å². The van der Waals surface area contributed by atoms with Crippen LogP contribution < -0.4 is 10.2 Å². The summed E-state index contributed by atoms with van der Waals surface area (Å²) in [5.74, 6) is 2.28. The monoisotopic (exact) mass is 286 g/mol. The summed E-state index contributed by atoms with van der Waals surface area (Å²) in [4.78, 5) is 11.7. The zero-order valence-corrected chi connectivity index (χ0v) is 12.4. The molecular formula is C16H22N4O. The Hall–Kier alpha value is -1.88. The number of fused-ring (bicyclic) bond motifs is 1. The SMILES string of the molecule is CC1CCCN(c2nc(NCCO)c3ccccc3n2)C1. The highest BCUT2D eigenvalue weighted by Crippen LogP contribution is 2.26. The fourth-order valence-corrected chi connectivity index (χ4v) is 2.89. The van der Waals surface area contributed by atoms with Crippen LogP contribution in [0.25, 0.3) is 10.9 Å². The van der Waals surface area contributed by atoms with Crippen molar-refractivity contribution in [2.75, 3.05) is 36.5 Å². The Morgan fingerprint density at radius 2 is 2.19 bits per heavy atom. The van der Waals surface area contributed by atoms with Crippen LogP contribution in [0.2, 0.25) is 0 Å². The molecule has 1 aromatic heterocycles. The van der Waals surface area contributed by atoms with Crippen molar-refractivity contribution in [3.8, 4) is 0 Å². The summed E-state index contributed by atoms with van der Waals surface area (Å²) in [6, 6.07) is 8.00. The molecule has 1 unspecified atom stereocenters. The average Bonchev–Trinajstić information content (AvgIpc) is 2.52. The molecule has 2 aromatic rings. The van der Waals surface area contributed by atoms with E-state index in [0.717, 1.165) is 35.8 Å². The van der Waals surface area contributed by atoms with Crippen molar-refractivity contribution in [2.45, 2.75) is 19.8 Å². The van der Waals surface area contributed by atoms with Gasteiger partial charge in [-0.05, 0) is 30.9 Å². The number of benzene rings is 1. The molecule has 112 valence electrons. The second-order valence-electron chi connectivity index (χ2n) is 5.73. The fraction of sp³-hybridized carbons (Fsp3) is 0.500. The van der Waals surface area contributed by atoms with Crippen LogP contribution in [0.3, 0.4) is 0 Å². The Morgan fingerprint density at radius 1 is 1.33 bits per heavy atom. The predicted octanol–water partition coefficient (Wildman–Crippen LogP) is 2.27. The quantitative estimate of drug-likeness (QED) is 0.903. The van der Waals surface area contributed by atoms with E-state index in [4.69, 9.17) is 10.1 Å². The second kappa shape index (κ2) is 6.26. The van der Waals surface area contributed by atoms with Gasteiger partial charge in [0.15, 0.2) is 0 Å². The number of aliphatic hydroxyl groups excluding tert-OH is 1. The Labute approximate surface area is 125 Å². The van der Waals surface area contributed by atoms with Gasteiger partial charge in [0.25, 0.3) is 0 Å². The Bertz CT molecular complexity index is 616. The molecule has 2 heterocycles. The van der Waals surface area contributed by atoms with E-state index in [2.05, 4.69) is 22.1 Å². The largest absolute Gasteiger partial charge is 0.395 e. The predicted molar refractivity (Wildman–Crippen MR) is 85.7 cm³/mol. The lowest BCUT2D eigenvalue weighted by Crippen LogP contribution is -2.35. The number of hydrogen-bond acceptors (Lipinski definition) is 5. The summed E-state index contributed by atoms with van der Waals surface area (Å²) in [6.07, 6.45) is 2.47. The first-order valence-corrected chi connectivity index (χ1v) is 7.64. The van der Waals surface area contributed by atoms with Gasteiger partial charge in [-0.2, -0.15) is 4.98 Å². The van der Waals surface area contributed by atoms with E-state index in [1.54, 1.807) is 0 Å². The van der Waals surface area contributed by atoms with Crippen LogP contribution in [0.1, 0.15) is 19.8 Å². The van der Waals surface area contributed by atoms with Crippen LogP contribution in [-0.2, 0) is 0 Å². The highest BCUT2D eigenvalue weighted by Gasteiger charge is 2.20. The van der Waals surface area contributed by atoms with E-state index in [0.29, 0.717) is 12.5 Å². The number of piperidine rings is 1. The lowest BCUT2D eigenvalue weighted by Gasteiger charge is -2.31. The van der Waals surface area contributed by atoms with Crippen molar-refractivity contribution in [1.29, 1.82) is 0 Å². The first-order chi connectivity index (χ1) is 10.3. The minimum Gasteiger partial charge on any atom is -0.395 e. The molecule has 1 aromatic carbocycles. The number of nitrogens with one attached hydrogen (secondary N) is 1. The standard InChI is InChI=1S/C16H22N4O/c1-12-5-4-9-20(11-12)16-18-14-7-3-2-6-13(14)15(19-16)17-8-10-21/h2-3,6-7,12,21H,4-5,8-11H2,1H3,(H,17,18,19). The number of hydrogen-bond donors (Lipinski definition) is 2. The molecule has 0 saturated carbocycles. The third kappa shape index (κ3) is 3.08. The van der Waals surface area contributed by atoms with Crippen molar-refractivity contribution < 1.29 is 5.11 Å². The molecule has 1 atom stereocenters. The topological polar surface area (TPSA) is 61.3 Å². The lowest BCUT2D eigenvalue weighted by molar-refractivity contribution is 0.311. The molecule has 21 heavy (non-hydrogen) atoms. The maximum absolute atomic E-state index is 9.04. The molecule has 0 spiro atoms. The van der Waals surface area contributed by atoms with Gasteiger partial charge >= 0.3 is 0 Å². The third-order valence-electron chi connectivity index (χ3n) is 3.94. The van der Waals surface area contributed by atoms with E-state index < -0.39 is 0 Å². The van der Waals surface area contributed by atoms with Gasteiger partial charge in [-0.1, -0.05) is 19.1 Å². The molecule has 1 saturated heterocycles. The van der Waals surface area contributed by atoms with Crippen molar-refractivity contribution in [3.05, 3.63) is 24.3 Å². The Morgan fingerprint density at radius 3 is 3.00 bits per heavy atom. The summed E-state index contributed by atoms with van der Waals surface area (Å²) in [5.41, 5.74) is 0.946. The van der Waals surface area contributed by atoms with Crippen LogP contribution in [0.4, 0.5) is 11.8 Å². The fourth-order valence-electron chi connectivity index (χ4n) is 2.89. The maximum atomic E-state index is 9.04. The smallest absolute Gasteiger partial charge is 0.227 e. The summed E-state index contributed by atoms with van der Waals surface area (Å²) < 4.78 is 0. The average molecular weight is 286 g/mol. The molecule has 0 aliphatic carbocycles. The van der Waals surface area contributed by atoms with Crippen molar-refractivity contribution in [3.63, 3.8) is 0 Å². The molecule has 1 aliphatic rings. The Kier molecular flexibility index (Phi) is 4.20. The normalized spacial score (nSPS) is 19.0. The van der Waals surface area contributed by atoms with Gasteiger partial charge in [-0.25, -0.2) is 4.98 Å². The first kappa shape index (κ1) is 14.1. The Balaban J connectivity index is 1.98. The zero-order valence-electron chi connectivity index (χ0n) is 12.4. The number of rotatable bonds is 4. The molecule has 0 bridgehead atoms. The van der Waals surface area contributed by atoms with Gasteiger partial charge in [-0.15, -0.1) is 0 Å². The molecule has 0 radical (unpaired) electrons. The third-order valence-corrected chi connectivity index (χ3v) is 3.94. The van der Waals surface area contributed by atoms with Crippen molar-refractivity contribution >= 4 is 22.7 Å². The van der Waals surface area contributed by atoms with E-state index in [9.17, 15) is 0 Å². The van der Waals surface area contributed by atoms with E-state index in [-0.39, 0.29) is 6.61 Å². The number of aliphatic hydroxyl groups is 1. The molecular weight excluding hydrogens is 264 g/mol. The van der Waals surface area contributed by atoms with E-state index in [1.165, 1.54) is 12.8 Å². The molecule has 1 aliphatic heterocycles. The molecule has 2 N–H and O–H groups in total. The minimum absolute atomic E-state index is 0.0917. The first-order valence-electron chi connectivity index (χ1n) is 7.64. The zero-order chi connectivity index (χ0) is 14.7. The van der Waals surface area contributed by atoms with Gasteiger partial charge in [0.2, 0.25) is 5.95 Å². The van der Waals surface area contributed by atoms with Gasteiger partial charge < -0.3 is 15.3 Å². The number of para-hydroxylation sites is 1. The number of nitrogens with zero attached hydrogens (tertiary/aromatic N) is 3. The molecule has 3 rings (SSSR count). The van der Waals surface area contributed by atoms with Crippen molar-refractivity contribution in [1.82, 2.24) is 9.97 Å². The summed E-state index contributed by atoms with van der Waals surface area (Å²) in [6.45, 7) is 4.89. The second-order valence-corrected chi connectivity index (χ2v) is 5.73.